The SMILES string of the molecule is CCCC(CN)Nc1ncccc1OCC. The molecule has 0 radical (unpaired) electrons. The second-order valence-electron chi connectivity index (χ2n) is 3.65. The maximum absolute atomic E-state index is 5.70. The lowest BCUT2D eigenvalue weighted by atomic mass is 10.1. The maximum atomic E-state index is 5.70. The van der Waals surface area contributed by atoms with E-state index in [1.807, 2.05) is 19.1 Å². The fourth-order valence-corrected chi connectivity index (χ4v) is 1.56. The normalized spacial score (nSPS) is 12.2. The zero-order valence-electron chi connectivity index (χ0n) is 10.1. The Hall–Kier alpha value is -1.29. The molecule has 16 heavy (non-hydrogen) atoms. The van der Waals surface area contributed by atoms with Crippen molar-refractivity contribution in [3.05, 3.63) is 18.3 Å². The highest BCUT2D eigenvalue weighted by Crippen LogP contribution is 2.21. The van der Waals surface area contributed by atoms with Gasteiger partial charge >= 0.3 is 0 Å². The fourth-order valence-electron chi connectivity index (χ4n) is 1.56. The van der Waals surface area contributed by atoms with Gasteiger partial charge in [-0.1, -0.05) is 13.3 Å². The van der Waals surface area contributed by atoms with Gasteiger partial charge in [-0.15, -0.1) is 0 Å². The summed E-state index contributed by atoms with van der Waals surface area (Å²) in [5, 5.41) is 3.32. The molecule has 1 aromatic rings. The highest BCUT2D eigenvalue weighted by Gasteiger charge is 2.09. The topological polar surface area (TPSA) is 60.2 Å². The fraction of sp³-hybridized carbons (Fsp3) is 0.583. The molecule has 0 spiro atoms. The van der Waals surface area contributed by atoms with Crippen LogP contribution >= 0.6 is 0 Å². The Balaban J connectivity index is 2.70. The summed E-state index contributed by atoms with van der Waals surface area (Å²) in [7, 11) is 0. The van der Waals surface area contributed by atoms with E-state index in [1.165, 1.54) is 0 Å². The summed E-state index contributed by atoms with van der Waals surface area (Å²) in [5.41, 5.74) is 5.70. The average Bonchev–Trinajstić information content (AvgIpc) is 2.31. The molecule has 1 aromatic heterocycles. The third-order valence-corrected chi connectivity index (χ3v) is 2.33. The molecular weight excluding hydrogens is 202 g/mol. The zero-order chi connectivity index (χ0) is 11.8. The van der Waals surface area contributed by atoms with Crippen molar-refractivity contribution in [2.45, 2.75) is 32.7 Å². The minimum Gasteiger partial charge on any atom is -0.490 e. The second kappa shape index (κ2) is 7.06. The van der Waals surface area contributed by atoms with E-state index < -0.39 is 0 Å². The monoisotopic (exact) mass is 223 g/mol. The van der Waals surface area contributed by atoms with Gasteiger partial charge in [0.1, 0.15) is 0 Å². The van der Waals surface area contributed by atoms with Gasteiger partial charge in [-0.3, -0.25) is 0 Å². The molecular formula is C12H21N3O. The number of hydrogen-bond acceptors (Lipinski definition) is 4. The Kier molecular flexibility index (Phi) is 5.64. The molecule has 0 aliphatic carbocycles. The Morgan fingerprint density at radius 2 is 2.31 bits per heavy atom. The lowest BCUT2D eigenvalue weighted by molar-refractivity contribution is 0.340. The minimum absolute atomic E-state index is 0.263. The number of hydrogen-bond donors (Lipinski definition) is 2. The largest absolute Gasteiger partial charge is 0.490 e. The van der Waals surface area contributed by atoms with E-state index in [9.17, 15) is 0 Å². The standard InChI is InChI=1S/C12H21N3O/c1-3-6-10(9-13)15-12-11(16-4-2)7-5-8-14-12/h5,7-8,10H,3-4,6,9,13H2,1-2H3,(H,14,15). The summed E-state index contributed by atoms with van der Waals surface area (Å²) in [6, 6.07) is 4.05. The summed E-state index contributed by atoms with van der Waals surface area (Å²) in [5.74, 6) is 1.58. The quantitative estimate of drug-likeness (QED) is 0.742. The number of nitrogens with two attached hydrogens (primary N) is 1. The molecule has 0 saturated heterocycles. The molecule has 4 heteroatoms. The van der Waals surface area contributed by atoms with E-state index in [0.29, 0.717) is 13.2 Å². The van der Waals surface area contributed by atoms with Crippen LogP contribution in [0.1, 0.15) is 26.7 Å². The van der Waals surface area contributed by atoms with Gasteiger partial charge < -0.3 is 15.8 Å². The van der Waals surface area contributed by atoms with E-state index in [2.05, 4.69) is 17.2 Å². The van der Waals surface area contributed by atoms with Crippen LogP contribution in [-0.2, 0) is 0 Å². The van der Waals surface area contributed by atoms with Gasteiger partial charge in [-0.05, 0) is 25.5 Å². The van der Waals surface area contributed by atoms with Gasteiger partial charge in [0, 0.05) is 18.8 Å². The average molecular weight is 223 g/mol. The summed E-state index contributed by atoms with van der Waals surface area (Å²) >= 11 is 0. The van der Waals surface area contributed by atoms with E-state index in [-0.39, 0.29) is 6.04 Å². The number of nitrogens with zero attached hydrogens (tertiary/aromatic N) is 1. The number of pyridine rings is 1. The van der Waals surface area contributed by atoms with Crippen molar-refractivity contribution in [3.63, 3.8) is 0 Å². The van der Waals surface area contributed by atoms with Crippen molar-refractivity contribution in [2.24, 2.45) is 5.73 Å². The first-order valence-electron chi connectivity index (χ1n) is 5.86. The van der Waals surface area contributed by atoms with Gasteiger partial charge in [0.25, 0.3) is 0 Å². The van der Waals surface area contributed by atoms with Gasteiger partial charge in [0.15, 0.2) is 11.6 Å². The smallest absolute Gasteiger partial charge is 0.169 e. The molecule has 4 nitrogen and oxygen atoms in total. The summed E-state index contributed by atoms with van der Waals surface area (Å²) in [6.45, 7) is 5.35. The van der Waals surface area contributed by atoms with Crippen LogP contribution in [0.25, 0.3) is 0 Å². The van der Waals surface area contributed by atoms with Crippen LogP contribution < -0.4 is 15.8 Å². The molecule has 0 amide bonds. The maximum Gasteiger partial charge on any atom is 0.169 e. The predicted molar refractivity (Wildman–Crippen MR) is 66.8 cm³/mol. The van der Waals surface area contributed by atoms with E-state index in [4.69, 9.17) is 10.5 Å². The third-order valence-electron chi connectivity index (χ3n) is 2.33. The van der Waals surface area contributed by atoms with Crippen LogP contribution in [0.3, 0.4) is 0 Å². The molecule has 0 aliphatic heterocycles. The number of anilines is 1. The highest BCUT2D eigenvalue weighted by atomic mass is 16.5. The van der Waals surface area contributed by atoms with Crippen molar-refractivity contribution in [3.8, 4) is 5.75 Å². The Labute approximate surface area is 97.2 Å². The first-order valence-corrected chi connectivity index (χ1v) is 5.86. The Morgan fingerprint density at radius 1 is 1.50 bits per heavy atom. The van der Waals surface area contributed by atoms with E-state index >= 15 is 0 Å². The van der Waals surface area contributed by atoms with Crippen molar-refractivity contribution in [1.82, 2.24) is 4.98 Å². The molecule has 0 aromatic carbocycles. The molecule has 90 valence electrons. The summed E-state index contributed by atoms with van der Waals surface area (Å²) in [6.07, 6.45) is 3.90. The van der Waals surface area contributed by atoms with Crippen molar-refractivity contribution in [1.29, 1.82) is 0 Å². The molecule has 1 rings (SSSR count). The Morgan fingerprint density at radius 3 is 2.94 bits per heavy atom. The second-order valence-corrected chi connectivity index (χ2v) is 3.65. The van der Waals surface area contributed by atoms with Crippen LogP contribution in [0.5, 0.6) is 5.75 Å². The lowest BCUT2D eigenvalue weighted by Gasteiger charge is -2.18. The van der Waals surface area contributed by atoms with Crippen molar-refractivity contribution in [2.75, 3.05) is 18.5 Å². The molecule has 1 atom stereocenters. The number of ether oxygens (including phenoxy) is 1. The lowest BCUT2D eigenvalue weighted by Crippen LogP contribution is -2.29. The van der Waals surface area contributed by atoms with Gasteiger partial charge in [0.05, 0.1) is 6.61 Å². The van der Waals surface area contributed by atoms with Crippen LogP contribution in [-0.4, -0.2) is 24.2 Å². The van der Waals surface area contributed by atoms with Crippen LogP contribution in [0, 0.1) is 0 Å². The number of aromatic nitrogens is 1. The van der Waals surface area contributed by atoms with Crippen LogP contribution in [0.4, 0.5) is 5.82 Å². The first-order chi connectivity index (χ1) is 7.81. The third kappa shape index (κ3) is 3.70. The Bertz CT molecular complexity index is 304. The molecule has 0 bridgehead atoms. The van der Waals surface area contributed by atoms with E-state index in [0.717, 1.165) is 24.4 Å². The summed E-state index contributed by atoms with van der Waals surface area (Å²) in [4.78, 5) is 4.28. The number of rotatable bonds is 7. The molecule has 0 aliphatic rings. The van der Waals surface area contributed by atoms with Crippen molar-refractivity contribution >= 4 is 5.82 Å². The molecule has 1 heterocycles. The minimum atomic E-state index is 0.263. The number of nitrogens with one attached hydrogen (secondary N) is 1. The van der Waals surface area contributed by atoms with Gasteiger partial charge in [-0.25, -0.2) is 4.98 Å². The van der Waals surface area contributed by atoms with Crippen LogP contribution in [0.15, 0.2) is 18.3 Å². The van der Waals surface area contributed by atoms with Gasteiger partial charge in [-0.2, -0.15) is 0 Å². The highest BCUT2D eigenvalue weighted by molar-refractivity contribution is 5.50. The van der Waals surface area contributed by atoms with Gasteiger partial charge in [0.2, 0.25) is 0 Å². The molecule has 0 fully saturated rings. The van der Waals surface area contributed by atoms with Crippen molar-refractivity contribution < 1.29 is 4.74 Å². The zero-order valence-corrected chi connectivity index (χ0v) is 10.1. The predicted octanol–water partition coefficient (Wildman–Crippen LogP) is 2.02. The van der Waals surface area contributed by atoms with E-state index in [1.54, 1.807) is 6.20 Å². The molecule has 3 N–H and O–H groups in total. The molecule has 0 saturated carbocycles. The summed E-state index contributed by atoms with van der Waals surface area (Å²) < 4.78 is 5.49. The molecule has 1 unspecified atom stereocenters. The first kappa shape index (κ1) is 12.8. The van der Waals surface area contributed by atoms with Crippen LogP contribution in [0.2, 0.25) is 0 Å².